The number of nitriles is 1. The maximum absolute atomic E-state index is 13.6. The molecule has 1 heterocycles. The molecule has 0 aromatic heterocycles. The second-order valence-corrected chi connectivity index (χ2v) is 9.33. The lowest BCUT2D eigenvalue weighted by Gasteiger charge is -2.42. The van der Waals surface area contributed by atoms with E-state index in [2.05, 4.69) is 11.4 Å². The minimum atomic E-state index is -4.89. The van der Waals surface area contributed by atoms with Crippen molar-refractivity contribution in [2.24, 2.45) is 5.41 Å². The summed E-state index contributed by atoms with van der Waals surface area (Å²) >= 11 is 0. The Morgan fingerprint density at radius 1 is 1.06 bits per heavy atom. The van der Waals surface area contributed by atoms with E-state index in [4.69, 9.17) is 5.26 Å². The van der Waals surface area contributed by atoms with Gasteiger partial charge in [0.15, 0.2) is 0 Å². The standard InChI is InChI=1S/C26H28F3N3O/c27-26(28,29)24(33)32(23-16-22(23)21-4-2-1-3-5-21)18-25(11-14-31-15-12-25)17-20-8-6-19(7-9-20)10-13-30/h1-9,22-23,31H,10-12,14-18H2. The first kappa shape index (κ1) is 23.3. The molecule has 2 fully saturated rings. The van der Waals surface area contributed by atoms with E-state index < -0.39 is 23.5 Å². The first-order valence-corrected chi connectivity index (χ1v) is 11.4. The quantitative estimate of drug-likeness (QED) is 0.663. The predicted molar refractivity (Wildman–Crippen MR) is 119 cm³/mol. The Kier molecular flexibility index (Phi) is 6.76. The summed E-state index contributed by atoms with van der Waals surface area (Å²) in [5.74, 6) is -1.78. The summed E-state index contributed by atoms with van der Waals surface area (Å²) in [4.78, 5) is 13.7. The van der Waals surface area contributed by atoms with Crippen molar-refractivity contribution in [2.75, 3.05) is 19.6 Å². The number of nitrogens with one attached hydrogen (secondary N) is 1. The average molecular weight is 456 g/mol. The van der Waals surface area contributed by atoms with Crippen molar-refractivity contribution in [1.82, 2.24) is 10.2 Å². The van der Waals surface area contributed by atoms with E-state index in [0.29, 0.717) is 45.2 Å². The number of halogens is 3. The average Bonchev–Trinajstić information content (AvgIpc) is 3.60. The Bertz CT molecular complexity index is 992. The van der Waals surface area contributed by atoms with Gasteiger partial charge in [0.2, 0.25) is 0 Å². The third-order valence-electron chi connectivity index (χ3n) is 6.94. The molecule has 174 valence electrons. The number of carbonyl (C=O) groups excluding carboxylic acids is 1. The molecule has 33 heavy (non-hydrogen) atoms. The number of piperidine rings is 1. The second kappa shape index (κ2) is 9.56. The summed E-state index contributed by atoms with van der Waals surface area (Å²) in [6.07, 6.45) is -1.99. The normalized spacial score (nSPS) is 21.8. The van der Waals surface area contributed by atoms with Gasteiger partial charge in [0.25, 0.3) is 0 Å². The maximum atomic E-state index is 13.6. The van der Waals surface area contributed by atoms with Crippen LogP contribution >= 0.6 is 0 Å². The topological polar surface area (TPSA) is 56.1 Å². The van der Waals surface area contributed by atoms with E-state index in [1.807, 2.05) is 54.6 Å². The number of nitrogens with zero attached hydrogens (tertiary/aromatic N) is 2. The highest BCUT2D eigenvalue weighted by Crippen LogP contribution is 2.48. The van der Waals surface area contributed by atoms with Crippen LogP contribution in [-0.2, 0) is 17.6 Å². The van der Waals surface area contributed by atoms with Crippen LogP contribution in [0.3, 0.4) is 0 Å². The van der Waals surface area contributed by atoms with Crippen molar-refractivity contribution >= 4 is 5.91 Å². The van der Waals surface area contributed by atoms with Crippen molar-refractivity contribution in [3.05, 3.63) is 71.3 Å². The van der Waals surface area contributed by atoms with Crippen LogP contribution in [-0.4, -0.2) is 42.7 Å². The number of alkyl halides is 3. The van der Waals surface area contributed by atoms with E-state index in [9.17, 15) is 18.0 Å². The third-order valence-corrected chi connectivity index (χ3v) is 6.94. The maximum Gasteiger partial charge on any atom is 0.471 e. The van der Waals surface area contributed by atoms with Gasteiger partial charge in [-0.2, -0.15) is 18.4 Å². The van der Waals surface area contributed by atoms with Gasteiger partial charge < -0.3 is 10.2 Å². The van der Waals surface area contributed by atoms with Gasteiger partial charge in [-0.3, -0.25) is 4.79 Å². The fourth-order valence-corrected chi connectivity index (χ4v) is 5.10. The molecule has 2 unspecified atom stereocenters. The monoisotopic (exact) mass is 455 g/mol. The Labute approximate surface area is 192 Å². The SMILES string of the molecule is N#CCc1ccc(CC2(CN(C(=O)C(F)(F)F)C3CC3c3ccccc3)CCNCC2)cc1. The summed E-state index contributed by atoms with van der Waals surface area (Å²) in [7, 11) is 0. The molecule has 1 N–H and O–H groups in total. The molecule has 1 aliphatic heterocycles. The molecule has 0 bridgehead atoms. The van der Waals surface area contributed by atoms with Gasteiger partial charge in [-0.15, -0.1) is 0 Å². The molecule has 0 radical (unpaired) electrons. The summed E-state index contributed by atoms with van der Waals surface area (Å²) in [5.41, 5.74) is 2.49. The lowest BCUT2D eigenvalue weighted by molar-refractivity contribution is -0.188. The van der Waals surface area contributed by atoms with Crippen LogP contribution < -0.4 is 5.32 Å². The van der Waals surface area contributed by atoms with Crippen LogP contribution in [0.2, 0.25) is 0 Å². The van der Waals surface area contributed by atoms with Crippen molar-refractivity contribution in [3.63, 3.8) is 0 Å². The van der Waals surface area contributed by atoms with Gasteiger partial charge >= 0.3 is 12.1 Å². The Hall–Kier alpha value is -2.85. The molecule has 1 amide bonds. The van der Waals surface area contributed by atoms with Gasteiger partial charge in [0.05, 0.1) is 12.5 Å². The predicted octanol–water partition coefficient (Wildman–Crippen LogP) is 4.61. The van der Waals surface area contributed by atoms with Gasteiger partial charge in [0, 0.05) is 18.5 Å². The second-order valence-electron chi connectivity index (χ2n) is 9.33. The van der Waals surface area contributed by atoms with E-state index in [1.54, 1.807) is 0 Å². The van der Waals surface area contributed by atoms with Gasteiger partial charge in [-0.1, -0.05) is 54.6 Å². The van der Waals surface area contributed by atoms with Crippen LogP contribution in [0.15, 0.2) is 54.6 Å². The Morgan fingerprint density at radius 3 is 2.30 bits per heavy atom. The van der Waals surface area contributed by atoms with Crippen molar-refractivity contribution in [1.29, 1.82) is 5.26 Å². The third kappa shape index (κ3) is 5.56. The zero-order chi connectivity index (χ0) is 23.5. The van der Waals surface area contributed by atoms with E-state index in [-0.39, 0.29) is 12.5 Å². The van der Waals surface area contributed by atoms with Gasteiger partial charge in [-0.05, 0) is 60.9 Å². The number of rotatable bonds is 7. The lowest BCUT2D eigenvalue weighted by atomic mass is 9.73. The lowest BCUT2D eigenvalue weighted by Crippen LogP contribution is -2.51. The number of carbonyl (C=O) groups is 1. The largest absolute Gasteiger partial charge is 0.471 e. The van der Waals surface area contributed by atoms with Crippen LogP contribution in [0.4, 0.5) is 13.2 Å². The summed E-state index contributed by atoms with van der Waals surface area (Å²) < 4.78 is 40.8. The minimum Gasteiger partial charge on any atom is -0.331 e. The number of amides is 1. The van der Waals surface area contributed by atoms with E-state index in [1.165, 1.54) is 0 Å². The van der Waals surface area contributed by atoms with E-state index >= 15 is 0 Å². The van der Waals surface area contributed by atoms with E-state index in [0.717, 1.165) is 21.6 Å². The Balaban J connectivity index is 1.58. The molecule has 4 rings (SSSR count). The van der Waals surface area contributed by atoms with Gasteiger partial charge in [-0.25, -0.2) is 0 Å². The Morgan fingerprint density at radius 2 is 1.70 bits per heavy atom. The van der Waals surface area contributed by atoms with Gasteiger partial charge in [0.1, 0.15) is 0 Å². The first-order valence-electron chi connectivity index (χ1n) is 11.4. The number of hydrogen-bond acceptors (Lipinski definition) is 3. The molecule has 2 aliphatic rings. The van der Waals surface area contributed by atoms with Crippen LogP contribution in [0, 0.1) is 16.7 Å². The summed E-state index contributed by atoms with van der Waals surface area (Å²) in [6, 6.07) is 18.9. The highest BCUT2D eigenvalue weighted by molar-refractivity contribution is 5.82. The zero-order valence-corrected chi connectivity index (χ0v) is 18.4. The number of benzene rings is 2. The summed E-state index contributed by atoms with van der Waals surface area (Å²) in [5, 5.41) is 12.2. The highest BCUT2D eigenvalue weighted by atomic mass is 19.4. The van der Waals surface area contributed by atoms with Crippen LogP contribution in [0.5, 0.6) is 0 Å². The molecule has 4 nitrogen and oxygen atoms in total. The van der Waals surface area contributed by atoms with Crippen LogP contribution in [0.25, 0.3) is 0 Å². The molecule has 0 spiro atoms. The fraction of sp³-hybridized carbons (Fsp3) is 0.462. The number of hydrogen-bond donors (Lipinski definition) is 1. The molecule has 2 aromatic rings. The molecule has 1 saturated carbocycles. The van der Waals surface area contributed by atoms with Crippen molar-refractivity contribution in [3.8, 4) is 6.07 Å². The zero-order valence-electron chi connectivity index (χ0n) is 18.4. The van der Waals surface area contributed by atoms with Crippen molar-refractivity contribution in [2.45, 2.75) is 50.2 Å². The highest BCUT2D eigenvalue weighted by Gasteiger charge is 2.53. The summed E-state index contributed by atoms with van der Waals surface area (Å²) in [6.45, 7) is 1.53. The molecule has 2 aromatic carbocycles. The first-order chi connectivity index (χ1) is 15.8. The molecule has 1 aliphatic carbocycles. The molecular weight excluding hydrogens is 427 g/mol. The van der Waals surface area contributed by atoms with Crippen molar-refractivity contribution < 1.29 is 18.0 Å². The molecule has 1 saturated heterocycles. The fourth-order valence-electron chi connectivity index (χ4n) is 5.10. The molecule has 2 atom stereocenters. The smallest absolute Gasteiger partial charge is 0.331 e. The minimum absolute atomic E-state index is 0.0541. The van der Waals surface area contributed by atoms with Crippen LogP contribution in [0.1, 0.15) is 41.9 Å². The molecular formula is C26H28F3N3O. The molecule has 7 heteroatoms.